The molecule has 0 aliphatic carbocycles. The minimum atomic E-state index is 0.100. The first-order chi connectivity index (χ1) is 8.77. The normalized spacial score (nSPS) is 10.8. The number of Topliss-reactive ketones (excluding diaryl/α,β-unsaturated/α-hetero) is 1. The Balaban J connectivity index is 2.10. The first-order valence-electron chi connectivity index (χ1n) is 7.10. The molecule has 0 fully saturated rings. The Morgan fingerprint density at radius 3 is 2.39 bits per heavy atom. The summed E-state index contributed by atoms with van der Waals surface area (Å²) in [6, 6.07) is 3.50. The first kappa shape index (κ1) is 15.0. The van der Waals surface area contributed by atoms with E-state index in [1.165, 1.54) is 32.1 Å². The van der Waals surface area contributed by atoms with E-state index < -0.39 is 0 Å². The van der Waals surface area contributed by atoms with E-state index in [2.05, 4.69) is 6.92 Å². The Morgan fingerprint density at radius 1 is 1.11 bits per heavy atom. The fourth-order valence-corrected chi connectivity index (χ4v) is 2.00. The highest BCUT2D eigenvalue weighted by atomic mass is 16.3. The summed E-state index contributed by atoms with van der Waals surface area (Å²) in [4.78, 5) is 11.8. The molecule has 1 aromatic rings. The van der Waals surface area contributed by atoms with Gasteiger partial charge in [0, 0.05) is 6.42 Å². The summed E-state index contributed by atoms with van der Waals surface area (Å²) in [6.45, 7) is 2.57. The molecule has 0 amide bonds. The lowest BCUT2D eigenvalue weighted by Crippen LogP contribution is -1.97. The Labute approximate surface area is 110 Å². The average Bonchev–Trinajstić information content (AvgIpc) is 2.86. The molecule has 0 spiro atoms. The van der Waals surface area contributed by atoms with Gasteiger partial charge in [-0.25, -0.2) is 0 Å². The number of furan rings is 1. The van der Waals surface area contributed by atoms with Crippen LogP contribution in [0.25, 0.3) is 0 Å². The van der Waals surface area contributed by atoms with Gasteiger partial charge in [0.2, 0.25) is 0 Å². The summed E-state index contributed by atoms with van der Waals surface area (Å²) in [7, 11) is 0. The Kier molecular flexibility index (Phi) is 7.42. The van der Waals surface area contributed by atoms with Crippen LogP contribution < -0.4 is 5.73 Å². The second kappa shape index (κ2) is 8.92. The lowest BCUT2D eigenvalue weighted by Gasteiger charge is -2.00. The highest BCUT2D eigenvalue weighted by Crippen LogP contribution is 2.13. The fourth-order valence-electron chi connectivity index (χ4n) is 2.00. The third-order valence-electron chi connectivity index (χ3n) is 3.15. The smallest absolute Gasteiger partial charge is 0.197 e. The zero-order valence-corrected chi connectivity index (χ0v) is 11.4. The van der Waals surface area contributed by atoms with Crippen molar-refractivity contribution in [1.29, 1.82) is 0 Å². The minimum absolute atomic E-state index is 0.100. The molecule has 0 radical (unpaired) electrons. The molecule has 0 unspecified atom stereocenters. The van der Waals surface area contributed by atoms with E-state index in [0.29, 0.717) is 24.5 Å². The van der Waals surface area contributed by atoms with Crippen molar-refractivity contribution in [3.63, 3.8) is 0 Å². The zero-order chi connectivity index (χ0) is 13.2. The molecule has 0 aliphatic rings. The van der Waals surface area contributed by atoms with E-state index in [1.807, 2.05) is 0 Å². The molecule has 0 aliphatic heterocycles. The molecule has 3 heteroatoms. The molecule has 0 saturated carbocycles. The van der Waals surface area contributed by atoms with Crippen LogP contribution in [0.2, 0.25) is 0 Å². The number of hydrogen-bond donors (Lipinski definition) is 1. The molecular weight excluding hydrogens is 226 g/mol. The third kappa shape index (κ3) is 5.50. The molecule has 3 nitrogen and oxygen atoms in total. The van der Waals surface area contributed by atoms with Gasteiger partial charge in [0.05, 0.1) is 6.54 Å². The predicted octanol–water partition coefficient (Wildman–Crippen LogP) is 4.06. The SMILES string of the molecule is CCCCCCCCCC(=O)c1ccc(CN)o1. The van der Waals surface area contributed by atoms with Crippen molar-refractivity contribution in [2.75, 3.05) is 0 Å². The molecule has 102 valence electrons. The van der Waals surface area contributed by atoms with Gasteiger partial charge in [-0.05, 0) is 18.6 Å². The van der Waals surface area contributed by atoms with Gasteiger partial charge in [-0.3, -0.25) is 4.79 Å². The summed E-state index contributed by atoms with van der Waals surface area (Å²) in [5.41, 5.74) is 5.44. The number of nitrogens with two attached hydrogens (primary N) is 1. The largest absolute Gasteiger partial charge is 0.457 e. The minimum Gasteiger partial charge on any atom is -0.457 e. The maximum Gasteiger partial charge on any atom is 0.197 e. The monoisotopic (exact) mass is 251 g/mol. The Hall–Kier alpha value is -1.09. The number of carbonyl (C=O) groups is 1. The number of hydrogen-bond acceptors (Lipinski definition) is 3. The highest BCUT2D eigenvalue weighted by Gasteiger charge is 2.09. The summed E-state index contributed by atoms with van der Waals surface area (Å²) in [6.07, 6.45) is 9.14. The third-order valence-corrected chi connectivity index (χ3v) is 3.15. The summed E-state index contributed by atoms with van der Waals surface area (Å²) in [5, 5.41) is 0. The predicted molar refractivity (Wildman–Crippen MR) is 73.5 cm³/mol. The fraction of sp³-hybridized carbons (Fsp3) is 0.667. The van der Waals surface area contributed by atoms with Gasteiger partial charge in [0.15, 0.2) is 11.5 Å². The van der Waals surface area contributed by atoms with Crippen molar-refractivity contribution in [2.45, 2.75) is 64.8 Å². The van der Waals surface area contributed by atoms with Crippen molar-refractivity contribution in [3.8, 4) is 0 Å². The number of carbonyl (C=O) groups excluding carboxylic acids is 1. The first-order valence-corrected chi connectivity index (χ1v) is 7.10. The standard InChI is InChI=1S/C15H25NO2/c1-2-3-4-5-6-7-8-9-14(17)15-11-10-13(12-16)18-15/h10-11H,2-9,12,16H2,1H3. The molecule has 18 heavy (non-hydrogen) atoms. The highest BCUT2D eigenvalue weighted by molar-refractivity contribution is 5.93. The van der Waals surface area contributed by atoms with Crippen molar-refractivity contribution in [1.82, 2.24) is 0 Å². The quantitative estimate of drug-likeness (QED) is 0.504. The number of ketones is 1. The maximum atomic E-state index is 11.8. The number of unbranched alkanes of at least 4 members (excludes halogenated alkanes) is 6. The van der Waals surface area contributed by atoms with Gasteiger partial charge >= 0.3 is 0 Å². The van der Waals surface area contributed by atoms with Gasteiger partial charge in [0.25, 0.3) is 0 Å². The van der Waals surface area contributed by atoms with Gasteiger partial charge in [0.1, 0.15) is 5.76 Å². The lowest BCUT2D eigenvalue weighted by atomic mass is 10.1. The Bertz CT molecular complexity index is 344. The number of rotatable bonds is 10. The van der Waals surface area contributed by atoms with E-state index in [-0.39, 0.29) is 5.78 Å². The van der Waals surface area contributed by atoms with Crippen LogP contribution >= 0.6 is 0 Å². The van der Waals surface area contributed by atoms with E-state index in [9.17, 15) is 4.79 Å². The Morgan fingerprint density at radius 2 is 1.78 bits per heavy atom. The lowest BCUT2D eigenvalue weighted by molar-refractivity contribution is 0.0950. The van der Waals surface area contributed by atoms with E-state index in [1.54, 1.807) is 12.1 Å². The summed E-state index contributed by atoms with van der Waals surface area (Å²) >= 11 is 0. The van der Waals surface area contributed by atoms with E-state index in [0.717, 1.165) is 12.8 Å². The molecule has 1 aromatic heterocycles. The second-order valence-corrected chi connectivity index (χ2v) is 4.76. The van der Waals surface area contributed by atoms with Crippen LogP contribution in [0.15, 0.2) is 16.5 Å². The summed E-state index contributed by atoms with van der Waals surface area (Å²) < 4.78 is 5.33. The molecular formula is C15H25NO2. The van der Waals surface area contributed by atoms with Crippen molar-refractivity contribution in [3.05, 3.63) is 23.7 Å². The molecule has 0 atom stereocenters. The van der Waals surface area contributed by atoms with Crippen LogP contribution in [0.3, 0.4) is 0 Å². The van der Waals surface area contributed by atoms with E-state index in [4.69, 9.17) is 10.2 Å². The molecule has 0 aromatic carbocycles. The molecule has 0 saturated heterocycles. The topological polar surface area (TPSA) is 56.2 Å². The van der Waals surface area contributed by atoms with Gasteiger partial charge in [-0.15, -0.1) is 0 Å². The second-order valence-electron chi connectivity index (χ2n) is 4.76. The van der Waals surface area contributed by atoms with Crippen LogP contribution in [0.5, 0.6) is 0 Å². The molecule has 1 heterocycles. The average molecular weight is 251 g/mol. The van der Waals surface area contributed by atoms with Crippen LogP contribution in [-0.2, 0) is 6.54 Å². The van der Waals surface area contributed by atoms with Crippen LogP contribution in [-0.4, -0.2) is 5.78 Å². The van der Waals surface area contributed by atoms with Gasteiger partial charge in [-0.1, -0.05) is 45.4 Å². The zero-order valence-electron chi connectivity index (χ0n) is 11.4. The van der Waals surface area contributed by atoms with Gasteiger partial charge < -0.3 is 10.2 Å². The van der Waals surface area contributed by atoms with E-state index >= 15 is 0 Å². The molecule has 2 N–H and O–H groups in total. The maximum absolute atomic E-state index is 11.8. The van der Waals surface area contributed by atoms with Crippen LogP contribution in [0.4, 0.5) is 0 Å². The van der Waals surface area contributed by atoms with Crippen LogP contribution in [0, 0.1) is 0 Å². The van der Waals surface area contributed by atoms with Crippen molar-refractivity contribution in [2.24, 2.45) is 5.73 Å². The van der Waals surface area contributed by atoms with Crippen LogP contribution in [0.1, 0.15) is 74.6 Å². The van der Waals surface area contributed by atoms with Gasteiger partial charge in [-0.2, -0.15) is 0 Å². The van der Waals surface area contributed by atoms with Crippen molar-refractivity contribution >= 4 is 5.78 Å². The van der Waals surface area contributed by atoms with Crippen molar-refractivity contribution < 1.29 is 9.21 Å². The molecule has 1 rings (SSSR count). The summed E-state index contributed by atoms with van der Waals surface area (Å²) in [5.74, 6) is 1.24. The molecule has 0 bridgehead atoms.